The summed E-state index contributed by atoms with van der Waals surface area (Å²) >= 11 is 5.07. The molecule has 3 aliphatic heterocycles. The van der Waals surface area contributed by atoms with Crippen LogP contribution in [0.1, 0.15) is 45.4 Å². The van der Waals surface area contributed by atoms with Crippen molar-refractivity contribution in [3.05, 3.63) is 0 Å². The second-order valence-corrected chi connectivity index (χ2v) is 6.96. The van der Waals surface area contributed by atoms with E-state index in [4.69, 9.17) is 26.4 Å². The molecule has 0 aromatic heterocycles. The first-order chi connectivity index (χ1) is 9.60. The largest absolute Gasteiger partial charge is 0.465 e. The van der Waals surface area contributed by atoms with Crippen molar-refractivity contribution in [2.75, 3.05) is 13.2 Å². The molecule has 3 aliphatic rings. The van der Waals surface area contributed by atoms with Gasteiger partial charge in [0, 0.05) is 19.4 Å². The Bertz CT molecular complexity index is 411. The van der Waals surface area contributed by atoms with E-state index in [1.807, 2.05) is 6.92 Å². The molecular formula is C15H22O4S. The van der Waals surface area contributed by atoms with Crippen LogP contribution in [0.5, 0.6) is 0 Å². The third-order valence-corrected chi connectivity index (χ3v) is 4.99. The SMILES string of the molecule is CC(=S)CCCOC1CC2O[C@@H](C1)CC21CCOC1=O. The number of carbonyl (C=O) groups is 1. The number of esters is 1. The van der Waals surface area contributed by atoms with Crippen LogP contribution >= 0.6 is 12.2 Å². The molecule has 0 N–H and O–H groups in total. The molecule has 3 rings (SSSR count). The topological polar surface area (TPSA) is 44.8 Å². The van der Waals surface area contributed by atoms with E-state index in [1.54, 1.807) is 0 Å². The average Bonchev–Trinajstić information content (AvgIpc) is 2.88. The molecule has 0 saturated carbocycles. The summed E-state index contributed by atoms with van der Waals surface area (Å²) in [6, 6.07) is 0. The molecule has 0 aromatic carbocycles. The minimum Gasteiger partial charge on any atom is -0.465 e. The van der Waals surface area contributed by atoms with Crippen LogP contribution in [0.4, 0.5) is 0 Å². The Balaban J connectivity index is 1.53. The van der Waals surface area contributed by atoms with Gasteiger partial charge in [-0.3, -0.25) is 4.79 Å². The molecule has 20 heavy (non-hydrogen) atoms. The van der Waals surface area contributed by atoms with Gasteiger partial charge in [-0.2, -0.15) is 0 Å². The summed E-state index contributed by atoms with van der Waals surface area (Å²) in [5, 5.41) is 0. The monoisotopic (exact) mass is 298 g/mol. The maximum absolute atomic E-state index is 12.0. The van der Waals surface area contributed by atoms with Crippen LogP contribution in [0.25, 0.3) is 0 Å². The quantitative estimate of drug-likeness (QED) is 0.443. The van der Waals surface area contributed by atoms with Crippen LogP contribution in [-0.4, -0.2) is 42.4 Å². The molecule has 0 aliphatic carbocycles. The van der Waals surface area contributed by atoms with Crippen molar-refractivity contribution in [1.82, 2.24) is 0 Å². The van der Waals surface area contributed by atoms with Crippen molar-refractivity contribution in [2.45, 2.75) is 63.8 Å². The summed E-state index contributed by atoms with van der Waals surface area (Å²) in [6.45, 7) is 3.26. The maximum atomic E-state index is 12.0. The number of thiocarbonyl (C=S) groups is 1. The van der Waals surface area contributed by atoms with Crippen molar-refractivity contribution in [1.29, 1.82) is 0 Å². The zero-order valence-electron chi connectivity index (χ0n) is 11.9. The molecule has 1 spiro atoms. The standard InChI is InChI=1S/C15H22O4S/c1-10(20)3-2-5-17-11-7-12-9-15(13(8-11)19-12)4-6-18-14(15)16/h11-13H,2-9H2,1H3/t11?,12-,13?,15?/m0/s1. The first kappa shape index (κ1) is 14.4. The molecule has 3 heterocycles. The lowest BCUT2D eigenvalue weighted by molar-refractivity contribution is -0.151. The Labute approximate surface area is 125 Å². The Morgan fingerprint density at radius 2 is 2.35 bits per heavy atom. The molecular weight excluding hydrogens is 276 g/mol. The second-order valence-electron chi connectivity index (χ2n) is 6.26. The minimum atomic E-state index is -0.367. The van der Waals surface area contributed by atoms with Gasteiger partial charge in [0.2, 0.25) is 0 Å². The lowest BCUT2D eigenvalue weighted by Crippen LogP contribution is -2.39. The lowest BCUT2D eigenvalue weighted by Gasteiger charge is -2.31. The van der Waals surface area contributed by atoms with Gasteiger partial charge >= 0.3 is 5.97 Å². The summed E-state index contributed by atoms with van der Waals surface area (Å²) in [7, 11) is 0. The van der Waals surface area contributed by atoms with E-state index < -0.39 is 0 Å². The number of cyclic esters (lactones) is 1. The molecule has 112 valence electrons. The van der Waals surface area contributed by atoms with E-state index in [1.165, 1.54) is 0 Å². The highest BCUT2D eigenvalue weighted by atomic mass is 32.1. The van der Waals surface area contributed by atoms with Crippen LogP contribution in [0, 0.1) is 5.41 Å². The molecule has 0 radical (unpaired) electrons. The van der Waals surface area contributed by atoms with Crippen molar-refractivity contribution in [2.24, 2.45) is 5.41 Å². The predicted octanol–water partition coefficient (Wildman–Crippen LogP) is 2.43. The third kappa shape index (κ3) is 2.63. The minimum absolute atomic E-state index is 0.00602. The fourth-order valence-corrected chi connectivity index (χ4v) is 3.90. The van der Waals surface area contributed by atoms with Crippen molar-refractivity contribution in [3.63, 3.8) is 0 Å². The Morgan fingerprint density at radius 3 is 3.05 bits per heavy atom. The first-order valence-electron chi connectivity index (χ1n) is 7.54. The smallest absolute Gasteiger partial charge is 0.314 e. The van der Waals surface area contributed by atoms with Crippen LogP contribution in [0.15, 0.2) is 0 Å². The Morgan fingerprint density at radius 1 is 1.50 bits per heavy atom. The van der Waals surface area contributed by atoms with E-state index in [2.05, 4.69) is 0 Å². The lowest BCUT2D eigenvalue weighted by atomic mass is 9.78. The highest BCUT2D eigenvalue weighted by Gasteiger charge is 2.59. The van der Waals surface area contributed by atoms with Crippen molar-refractivity contribution < 1.29 is 19.0 Å². The maximum Gasteiger partial charge on any atom is 0.314 e. The highest BCUT2D eigenvalue weighted by molar-refractivity contribution is 7.80. The normalized spacial score (nSPS) is 39.2. The van der Waals surface area contributed by atoms with E-state index in [0.717, 1.165) is 50.0 Å². The van der Waals surface area contributed by atoms with Crippen LogP contribution in [-0.2, 0) is 19.0 Å². The summed E-state index contributed by atoms with van der Waals surface area (Å²) in [5.74, 6) is -0.0537. The van der Waals surface area contributed by atoms with Gasteiger partial charge in [0.25, 0.3) is 0 Å². The number of ether oxygens (including phenoxy) is 3. The summed E-state index contributed by atoms with van der Waals surface area (Å²) in [5.41, 5.74) is -0.367. The number of rotatable bonds is 5. The van der Waals surface area contributed by atoms with Gasteiger partial charge in [-0.15, -0.1) is 0 Å². The first-order valence-corrected chi connectivity index (χ1v) is 7.95. The molecule has 3 saturated heterocycles. The Kier molecular flexibility index (Phi) is 4.11. The van der Waals surface area contributed by atoms with Crippen LogP contribution < -0.4 is 0 Å². The van der Waals surface area contributed by atoms with Crippen molar-refractivity contribution >= 4 is 23.1 Å². The molecule has 4 atom stereocenters. The fourth-order valence-electron chi connectivity index (χ4n) is 3.75. The van der Waals surface area contributed by atoms with Crippen LogP contribution in [0.2, 0.25) is 0 Å². The number of fused-ring (bicyclic) bond motifs is 3. The summed E-state index contributed by atoms with van der Waals surface area (Å²) in [6.07, 6.45) is 5.66. The van der Waals surface area contributed by atoms with Crippen LogP contribution in [0.3, 0.4) is 0 Å². The van der Waals surface area contributed by atoms with Gasteiger partial charge in [0.1, 0.15) is 0 Å². The van der Waals surface area contributed by atoms with E-state index in [-0.39, 0.29) is 29.7 Å². The van der Waals surface area contributed by atoms with Gasteiger partial charge in [0.05, 0.1) is 30.3 Å². The zero-order valence-corrected chi connectivity index (χ0v) is 12.7. The van der Waals surface area contributed by atoms with Crippen molar-refractivity contribution in [3.8, 4) is 0 Å². The van der Waals surface area contributed by atoms with Gasteiger partial charge in [-0.05, 0) is 37.5 Å². The molecule has 2 bridgehead atoms. The Hall–Kier alpha value is -0.520. The second kappa shape index (κ2) is 5.70. The van der Waals surface area contributed by atoms with Gasteiger partial charge in [0.15, 0.2) is 0 Å². The molecule has 0 amide bonds. The molecule has 0 aromatic rings. The van der Waals surface area contributed by atoms with E-state index in [9.17, 15) is 4.79 Å². The molecule has 4 nitrogen and oxygen atoms in total. The predicted molar refractivity (Wildman–Crippen MR) is 77.8 cm³/mol. The van der Waals surface area contributed by atoms with Gasteiger partial charge in [-0.1, -0.05) is 12.2 Å². The highest BCUT2D eigenvalue weighted by Crippen LogP contribution is 2.51. The number of carbonyl (C=O) groups excluding carboxylic acids is 1. The molecule has 5 heteroatoms. The molecule has 3 unspecified atom stereocenters. The third-order valence-electron chi connectivity index (χ3n) is 4.78. The van der Waals surface area contributed by atoms with E-state index >= 15 is 0 Å². The zero-order chi connectivity index (χ0) is 14.2. The van der Waals surface area contributed by atoms with Gasteiger partial charge < -0.3 is 14.2 Å². The number of hydrogen-bond donors (Lipinski definition) is 0. The average molecular weight is 298 g/mol. The summed E-state index contributed by atoms with van der Waals surface area (Å²) in [4.78, 5) is 13.1. The van der Waals surface area contributed by atoms with Gasteiger partial charge in [-0.25, -0.2) is 0 Å². The van der Waals surface area contributed by atoms with E-state index in [0.29, 0.717) is 6.61 Å². The molecule has 3 fully saturated rings. The fraction of sp³-hybridized carbons (Fsp3) is 0.867. The number of hydrogen-bond acceptors (Lipinski definition) is 5. The summed E-state index contributed by atoms with van der Waals surface area (Å²) < 4.78 is 17.1.